The Morgan fingerprint density at radius 1 is 1.41 bits per heavy atom. The number of carboxylic acids is 1. The molecule has 0 unspecified atom stereocenters. The second-order valence-corrected chi connectivity index (χ2v) is 4.66. The molecule has 6 heteroatoms. The summed E-state index contributed by atoms with van der Waals surface area (Å²) in [7, 11) is 0. The van der Waals surface area contributed by atoms with Crippen molar-refractivity contribution in [3.8, 4) is 0 Å². The lowest BCUT2D eigenvalue weighted by molar-refractivity contribution is -0.140. The van der Waals surface area contributed by atoms with Crippen molar-refractivity contribution in [2.24, 2.45) is 5.92 Å². The highest BCUT2D eigenvalue weighted by molar-refractivity contribution is 5.83. The number of nitrogens with zero attached hydrogens (tertiary/aromatic N) is 1. The predicted octanol–water partition coefficient (Wildman–Crippen LogP) is 0.262. The summed E-state index contributed by atoms with van der Waals surface area (Å²) in [6.07, 6.45) is 1.85. The van der Waals surface area contributed by atoms with Gasteiger partial charge in [0, 0.05) is 12.6 Å². The van der Waals surface area contributed by atoms with Crippen LogP contribution in [0.5, 0.6) is 0 Å². The molecule has 98 valence electrons. The van der Waals surface area contributed by atoms with E-state index in [1.165, 1.54) is 4.90 Å². The largest absolute Gasteiger partial charge is 0.480 e. The van der Waals surface area contributed by atoms with Crippen molar-refractivity contribution in [2.45, 2.75) is 38.8 Å². The molecule has 2 amide bonds. The summed E-state index contributed by atoms with van der Waals surface area (Å²) in [5.74, 6) is -1.21. The maximum atomic E-state index is 11.9. The van der Waals surface area contributed by atoms with E-state index in [0.29, 0.717) is 0 Å². The van der Waals surface area contributed by atoms with Crippen LogP contribution in [0.15, 0.2) is 0 Å². The standard InChI is InChI=1S/C11H20N2O4/c1-7(2)9(10(15)16)12-11(17)13(5-6-14)8-3-4-8/h7-9,14H,3-6H2,1-2H3,(H,12,17)(H,15,16)/t9-/m0/s1. The Morgan fingerprint density at radius 3 is 2.35 bits per heavy atom. The molecule has 1 rings (SSSR count). The van der Waals surface area contributed by atoms with E-state index < -0.39 is 18.0 Å². The van der Waals surface area contributed by atoms with Gasteiger partial charge in [0.2, 0.25) is 0 Å². The monoisotopic (exact) mass is 244 g/mol. The SMILES string of the molecule is CC(C)[C@H](NC(=O)N(CCO)C1CC1)C(=O)O. The summed E-state index contributed by atoms with van der Waals surface area (Å²) >= 11 is 0. The van der Waals surface area contributed by atoms with E-state index in [-0.39, 0.29) is 25.1 Å². The molecular formula is C11H20N2O4. The van der Waals surface area contributed by atoms with Gasteiger partial charge in [0.1, 0.15) is 6.04 Å². The van der Waals surface area contributed by atoms with Crippen molar-refractivity contribution in [3.05, 3.63) is 0 Å². The number of carbonyl (C=O) groups excluding carboxylic acids is 1. The Morgan fingerprint density at radius 2 is 2.00 bits per heavy atom. The number of aliphatic hydroxyl groups is 1. The normalized spacial score (nSPS) is 16.7. The van der Waals surface area contributed by atoms with Gasteiger partial charge in [-0.2, -0.15) is 0 Å². The average Bonchev–Trinajstić information content (AvgIpc) is 3.04. The maximum absolute atomic E-state index is 11.9. The first-order valence-corrected chi connectivity index (χ1v) is 5.88. The van der Waals surface area contributed by atoms with Crippen molar-refractivity contribution in [1.82, 2.24) is 10.2 Å². The molecule has 0 bridgehead atoms. The Bertz CT molecular complexity index is 289. The van der Waals surface area contributed by atoms with Crippen LogP contribution in [0.25, 0.3) is 0 Å². The molecule has 0 aromatic carbocycles. The minimum Gasteiger partial charge on any atom is -0.480 e. The van der Waals surface area contributed by atoms with Gasteiger partial charge < -0.3 is 20.4 Å². The third kappa shape index (κ3) is 3.89. The van der Waals surface area contributed by atoms with Gasteiger partial charge in [-0.1, -0.05) is 13.8 Å². The summed E-state index contributed by atoms with van der Waals surface area (Å²) in [5.41, 5.74) is 0. The van der Waals surface area contributed by atoms with Crippen LogP contribution in [0, 0.1) is 5.92 Å². The van der Waals surface area contributed by atoms with Crippen LogP contribution in [0.2, 0.25) is 0 Å². The molecule has 1 atom stereocenters. The second-order valence-electron chi connectivity index (χ2n) is 4.66. The third-order valence-electron chi connectivity index (χ3n) is 2.80. The molecular weight excluding hydrogens is 224 g/mol. The Kier molecular flexibility index (Phi) is 4.74. The van der Waals surface area contributed by atoms with Crippen LogP contribution in [-0.2, 0) is 4.79 Å². The van der Waals surface area contributed by atoms with Gasteiger partial charge in [-0.15, -0.1) is 0 Å². The maximum Gasteiger partial charge on any atom is 0.326 e. The van der Waals surface area contributed by atoms with Gasteiger partial charge in [0.25, 0.3) is 0 Å². The number of hydrogen-bond donors (Lipinski definition) is 3. The van der Waals surface area contributed by atoms with Crippen LogP contribution < -0.4 is 5.32 Å². The number of urea groups is 1. The smallest absolute Gasteiger partial charge is 0.326 e. The first-order chi connectivity index (χ1) is 7.97. The minimum atomic E-state index is -1.03. The van der Waals surface area contributed by atoms with E-state index in [0.717, 1.165) is 12.8 Å². The molecule has 17 heavy (non-hydrogen) atoms. The number of hydrogen-bond acceptors (Lipinski definition) is 3. The lowest BCUT2D eigenvalue weighted by atomic mass is 10.1. The number of carboxylic acid groups (broad SMARTS) is 1. The van der Waals surface area contributed by atoms with Crippen molar-refractivity contribution in [3.63, 3.8) is 0 Å². The molecule has 0 radical (unpaired) electrons. The van der Waals surface area contributed by atoms with E-state index >= 15 is 0 Å². The predicted molar refractivity (Wildman–Crippen MR) is 61.6 cm³/mol. The fourth-order valence-corrected chi connectivity index (χ4v) is 1.67. The first kappa shape index (κ1) is 13.8. The van der Waals surface area contributed by atoms with Gasteiger partial charge in [0.05, 0.1) is 6.61 Å². The first-order valence-electron chi connectivity index (χ1n) is 5.88. The molecule has 1 aliphatic rings. The van der Waals surface area contributed by atoms with Gasteiger partial charge >= 0.3 is 12.0 Å². The number of nitrogens with one attached hydrogen (secondary N) is 1. The van der Waals surface area contributed by atoms with Crippen molar-refractivity contribution in [1.29, 1.82) is 0 Å². The van der Waals surface area contributed by atoms with Crippen molar-refractivity contribution >= 4 is 12.0 Å². The van der Waals surface area contributed by atoms with E-state index in [2.05, 4.69) is 5.32 Å². The lowest BCUT2D eigenvalue weighted by Gasteiger charge is -2.25. The fourth-order valence-electron chi connectivity index (χ4n) is 1.67. The molecule has 0 heterocycles. The summed E-state index contributed by atoms with van der Waals surface area (Å²) in [6.45, 7) is 3.63. The van der Waals surface area contributed by atoms with Crippen molar-refractivity contribution < 1.29 is 19.8 Å². The van der Waals surface area contributed by atoms with Gasteiger partial charge in [0.15, 0.2) is 0 Å². The Hall–Kier alpha value is -1.30. The number of aliphatic carboxylic acids is 1. The van der Waals surface area contributed by atoms with Crippen molar-refractivity contribution in [2.75, 3.05) is 13.2 Å². The number of rotatable bonds is 6. The van der Waals surface area contributed by atoms with Gasteiger partial charge in [-0.25, -0.2) is 9.59 Å². The Labute approximate surface area is 101 Å². The second kappa shape index (κ2) is 5.86. The molecule has 0 aromatic rings. The van der Waals surface area contributed by atoms with Crippen LogP contribution in [-0.4, -0.2) is 52.3 Å². The number of amides is 2. The highest BCUT2D eigenvalue weighted by atomic mass is 16.4. The summed E-state index contributed by atoms with van der Waals surface area (Å²) in [6, 6.07) is -1.13. The molecule has 1 fully saturated rings. The van der Waals surface area contributed by atoms with Gasteiger partial charge in [-0.05, 0) is 18.8 Å². The molecule has 0 saturated heterocycles. The fraction of sp³-hybridized carbons (Fsp3) is 0.818. The molecule has 1 aliphatic carbocycles. The van der Waals surface area contributed by atoms with Crippen LogP contribution in [0.4, 0.5) is 4.79 Å². The Balaban J connectivity index is 2.57. The zero-order chi connectivity index (χ0) is 13.0. The van der Waals surface area contributed by atoms with E-state index in [4.69, 9.17) is 10.2 Å². The highest BCUT2D eigenvalue weighted by Gasteiger charge is 2.34. The molecule has 1 saturated carbocycles. The van der Waals surface area contributed by atoms with Crippen LogP contribution in [0.3, 0.4) is 0 Å². The number of aliphatic hydroxyl groups excluding tert-OH is 1. The zero-order valence-corrected chi connectivity index (χ0v) is 10.2. The van der Waals surface area contributed by atoms with Gasteiger partial charge in [-0.3, -0.25) is 0 Å². The third-order valence-corrected chi connectivity index (χ3v) is 2.80. The molecule has 0 aliphatic heterocycles. The van der Waals surface area contributed by atoms with E-state index in [9.17, 15) is 9.59 Å². The highest BCUT2D eigenvalue weighted by Crippen LogP contribution is 2.26. The topological polar surface area (TPSA) is 89.9 Å². The lowest BCUT2D eigenvalue weighted by Crippen LogP contribution is -2.51. The van der Waals surface area contributed by atoms with Crippen LogP contribution in [0.1, 0.15) is 26.7 Å². The molecule has 3 N–H and O–H groups in total. The van der Waals surface area contributed by atoms with E-state index in [1.807, 2.05) is 0 Å². The summed E-state index contributed by atoms with van der Waals surface area (Å²) < 4.78 is 0. The van der Waals surface area contributed by atoms with E-state index in [1.54, 1.807) is 13.8 Å². The number of carbonyl (C=O) groups is 2. The van der Waals surface area contributed by atoms with Crippen LogP contribution >= 0.6 is 0 Å². The molecule has 0 aromatic heterocycles. The summed E-state index contributed by atoms with van der Waals surface area (Å²) in [5, 5.41) is 20.4. The quantitative estimate of drug-likeness (QED) is 0.625. The zero-order valence-electron chi connectivity index (χ0n) is 10.2. The summed E-state index contributed by atoms with van der Waals surface area (Å²) in [4.78, 5) is 24.3. The molecule has 0 spiro atoms. The molecule has 6 nitrogen and oxygen atoms in total. The average molecular weight is 244 g/mol. The minimum absolute atomic E-state index is 0.108.